The molecule has 4 nitrogen and oxygen atoms in total. The van der Waals surface area contributed by atoms with E-state index in [1.165, 1.54) is 0 Å². The minimum Gasteiger partial charge on any atom is -0.487 e. The lowest BCUT2D eigenvalue weighted by Gasteiger charge is -2.24. The number of carbonyl (C=O) groups excluding carboxylic acids is 1. The summed E-state index contributed by atoms with van der Waals surface area (Å²) in [5.74, 6) is -0.103. The highest BCUT2D eigenvalue weighted by Gasteiger charge is 2.25. The van der Waals surface area contributed by atoms with Gasteiger partial charge in [0.25, 0.3) is 0 Å². The summed E-state index contributed by atoms with van der Waals surface area (Å²) in [6.07, 6.45) is 0.282. The fourth-order valence-corrected chi connectivity index (χ4v) is 3.62. The minimum atomic E-state index is -2.14. The Morgan fingerprint density at radius 2 is 1.65 bits per heavy atom. The first-order valence-corrected chi connectivity index (χ1v) is 9.55. The Bertz CT molecular complexity index is 567. The molecule has 0 bridgehead atoms. The van der Waals surface area contributed by atoms with Gasteiger partial charge in [0.05, 0.1) is 11.2 Å². The second-order valence-electron chi connectivity index (χ2n) is 7.77. The molecule has 2 unspecified atom stereocenters. The highest BCUT2D eigenvalue weighted by atomic mass is 31.1. The molecule has 0 fully saturated rings. The summed E-state index contributed by atoms with van der Waals surface area (Å²) in [4.78, 5) is 12.1. The maximum Gasteiger partial charge on any atom is 0.309 e. The molecule has 130 valence electrons. The number of esters is 1. The van der Waals surface area contributed by atoms with E-state index in [1.807, 2.05) is 65.8 Å². The average Bonchev–Trinajstić information content (AvgIpc) is 2.35. The predicted octanol–water partition coefficient (Wildman–Crippen LogP) is 4.03. The van der Waals surface area contributed by atoms with Gasteiger partial charge in [-0.1, -0.05) is 19.1 Å². The molecule has 0 N–H and O–H groups in total. The van der Waals surface area contributed by atoms with E-state index in [2.05, 4.69) is 0 Å². The molecule has 0 saturated heterocycles. The Kier molecular flexibility index (Phi) is 6.47. The van der Waals surface area contributed by atoms with Crippen molar-refractivity contribution in [3.8, 4) is 5.75 Å². The number of carbonyl (C=O) groups is 1. The molecule has 0 radical (unpaired) electrons. The maximum atomic E-state index is 12.7. The van der Waals surface area contributed by atoms with Gasteiger partial charge in [0.2, 0.25) is 0 Å². The van der Waals surface area contributed by atoms with Crippen LogP contribution in [0.5, 0.6) is 5.75 Å². The summed E-state index contributed by atoms with van der Waals surface area (Å²) in [6, 6.07) is 7.33. The molecular weight excluding hydrogens is 311 g/mol. The predicted molar refractivity (Wildman–Crippen MR) is 95.3 cm³/mol. The van der Waals surface area contributed by atoms with Crippen molar-refractivity contribution in [1.82, 2.24) is 0 Å². The van der Waals surface area contributed by atoms with Gasteiger partial charge in [-0.15, -0.1) is 0 Å². The molecular formula is C18H29O4P. The maximum absolute atomic E-state index is 12.7. The first-order chi connectivity index (χ1) is 10.4. The number of rotatable bonds is 5. The molecule has 1 aromatic rings. The fraction of sp³-hybridized carbons (Fsp3) is 0.611. The number of benzene rings is 1. The molecule has 0 aliphatic carbocycles. The zero-order chi connectivity index (χ0) is 17.8. The highest BCUT2D eigenvalue weighted by molar-refractivity contribution is 7.53. The molecule has 0 heterocycles. The quantitative estimate of drug-likeness (QED) is 0.600. The number of ether oxygens (including phenoxy) is 2. The lowest BCUT2D eigenvalue weighted by atomic mass is 10.1. The van der Waals surface area contributed by atoms with Crippen LogP contribution < -0.4 is 10.0 Å². The van der Waals surface area contributed by atoms with E-state index >= 15 is 0 Å². The van der Waals surface area contributed by atoms with Crippen LogP contribution in [-0.4, -0.2) is 23.3 Å². The van der Waals surface area contributed by atoms with Crippen LogP contribution in [0.4, 0.5) is 0 Å². The van der Waals surface area contributed by atoms with Crippen LogP contribution in [-0.2, 0) is 14.1 Å². The fourth-order valence-electron chi connectivity index (χ4n) is 1.99. The van der Waals surface area contributed by atoms with Gasteiger partial charge in [0.1, 0.15) is 24.8 Å². The molecule has 5 heteroatoms. The monoisotopic (exact) mass is 340 g/mol. The van der Waals surface area contributed by atoms with Crippen LogP contribution in [0.15, 0.2) is 24.3 Å². The standard InChI is InChI=1S/C18H29O4P/c1-13(16(19)22-18(5,6)7)12-23(20)15-11-9-8-10-14(15)21-17(2,3)4/h8-11,13,23H,12H2,1-7H3. The van der Waals surface area contributed by atoms with E-state index in [-0.39, 0.29) is 17.7 Å². The van der Waals surface area contributed by atoms with Crippen LogP contribution in [0.1, 0.15) is 48.5 Å². The number of hydrogen-bond donors (Lipinski definition) is 0. The van der Waals surface area contributed by atoms with Gasteiger partial charge in [0, 0.05) is 6.16 Å². The summed E-state index contributed by atoms with van der Waals surface area (Å²) in [7, 11) is -2.14. The molecule has 0 aliphatic rings. The molecule has 23 heavy (non-hydrogen) atoms. The third-order valence-electron chi connectivity index (χ3n) is 2.90. The van der Waals surface area contributed by atoms with Crippen LogP contribution in [0.3, 0.4) is 0 Å². The largest absolute Gasteiger partial charge is 0.487 e. The van der Waals surface area contributed by atoms with Crippen molar-refractivity contribution in [3.05, 3.63) is 24.3 Å². The van der Waals surface area contributed by atoms with E-state index in [9.17, 15) is 9.36 Å². The Labute approximate surface area is 140 Å². The lowest BCUT2D eigenvalue weighted by Crippen LogP contribution is -2.29. The topological polar surface area (TPSA) is 52.6 Å². The van der Waals surface area contributed by atoms with Crippen molar-refractivity contribution < 1.29 is 18.8 Å². The van der Waals surface area contributed by atoms with E-state index < -0.39 is 19.3 Å². The molecule has 2 atom stereocenters. The summed E-state index contributed by atoms with van der Waals surface area (Å²) < 4.78 is 24.0. The van der Waals surface area contributed by atoms with Gasteiger partial charge in [-0.05, 0) is 53.7 Å². The highest BCUT2D eigenvalue weighted by Crippen LogP contribution is 2.31. The van der Waals surface area contributed by atoms with Gasteiger partial charge in [-0.25, -0.2) is 0 Å². The van der Waals surface area contributed by atoms with Crippen LogP contribution in [0.2, 0.25) is 0 Å². The zero-order valence-electron chi connectivity index (χ0n) is 15.2. The molecule has 0 aromatic heterocycles. The van der Waals surface area contributed by atoms with E-state index in [0.717, 1.165) is 0 Å². The van der Waals surface area contributed by atoms with Crippen molar-refractivity contribution >= 4 is 19.1 Å². The lowest BCUT2D eigenvalue weighted by molar-refractivity contribution is -0.158. The summed E-state index contributed by atoms with van der Waals surface area (Å²) in [6.45, 7) is 13.1. The first-order valence-electron chi connectivity index (χ1n) is 7.93. The Balaban J connectivity index is 2.84. The van der Waals surface area contributed by atoms with Crippen molar-refractivity contribution in [3.63, 3.8) is 0 Å². The van der Waals surface area contributed by atoms with E-state index in [1.54, 1.807) is 6.92 Å². The molecule has 0 amide bonds. The van der Waals surface area contributed by atoms with Crippen LogP contribution in [0, 0.1) is 5.92 Å². The Morgan fingerprint density at radius 1 is 1.09 bits per heavy atom. The van der Waals surface area contributed by atoms with Crippen molar-refractivity contribution in [2.45, 2.75) is 59.7 Å². The average molecular weight is 340 g/mol. The second-order valence-corrected chi connectivity index (χ2v) is 9.57. The summed E-state index contributed by atoms with van der Waals surface area (Å²) in [5.41, 5.74) is -0.899. The third kappa shape index (κ3) is 7.22. The second kappa shape index (κ2) is 7.53. The van der Waals surface area contributed by atoms with Gasteiger partial charge in [-0.2, -0.15) is 0 Å². The summed E-state index contributed by atoms with van der Waals surface area (Å²) in [5, 5.41) is 0.683. The van der Waals surface area contributed by atoms with Crippen molar-refractivity contribution in [2.24, 2.45) is 5.92 Å². The smallest absolute Gasteiger partial charge is 0.309 e. The molecule has 1 aromatic carbocycles. The number of para-hydroxylation sites is 1. The number of hydrogen-bond acceptors (Lipinski definition) is 4. The van der Waals surface area contributed by atoms with Gasteiger partial charge >= 0.3 is 5.97 Å². The van der Waals surface area contributed by atoms with Crippen LogP contribution >= 0.6 is 7.80 Å². The molecule has 1 rings (SSSR count). The van der Waals surface area contributed by atoms with Crippen LogP contribution in [0.25, 0.3) is 0 Å². The van der Waals surface area contributed by atoms with Crippen molar-refractivity contribution in [1.29, 1.82) is 0 Å². The minimum absolute atomic E-state index is 0.282. The Morgan fingerprint density at radius 3 is 2.17 bits per heavy atom. The first kappa shape index (κ1) is 19.8. The molecule has 0 spiro atoms. The normalized spacial score (nSPS) is 14.9. The molecule has 0 saturated carbocycles. The SMILES string of the molecule is CC(C[PH](=O)c1ccccc1OC(C)(C)C)C(=O)OC(C)(C)C. The summed E-state index contributed by atoms with van der Waals surface area (Å²) >= 11 is 0. The Hall–Kier alpha value is -1.28. The third-order valence-corrected chi connectivity index (χ3v) is 4.90. The molecule has 0 aliphatic heterocycles. The van der Waals surface area contributed by atoms with Crippen molar-refractivity contribution in [2.75, 3.05) is 6.16 Å². The van der Waals surface area contributed by atoms with E-state index in [4.69, 9.17) is 9.47 Å². The van der Waals surface area contributed by atoms with Gasteiger partial charge < -0.3 is 14.0 Å². The zero-order valence-corrected chi connectivity index (χ0v) is 16.2. The van der Waals surface area contributed by atoms with Gasteiger partial charge in [0.15, 0.2) is 0 Å². The van der Waals surface area contributed by atoms with Gasteiger partial charge in [-0.3, -0.25) is 4.79 Å². The van der Waals surface area contributed by atoms with E-state index in [0.29, 0.717) is 11.1 Å².